The van der Waals surface area contributed by atoms with Crippen molar-refractivity contribution in [2.24, 2.45) is 41.4 Å². The number of hydrogen-bond donors (Lipinski definition) is 0. The molecule has 0 heterocycles. The average molecular weight is 545 g/mol. The van der Waals surface area contributed by atoms with Crippen LogP contribution in [0.3, 0.4) is 0 Å². The summed E-state index contributed by atoms with van der Waals surface area (Å²) in [5.41, 5.74) is 0. The second kappa shape index (κ2) is 17.8. The monoisotopic (exact) mass is 544 g/mol. The fourth-order valence-electron chi connectivity index (χ4n) is 8.03. The minimum atomic E-state index is -2.02. The lowest BCUT2D eigenvalue weighted by atomic mass is 9.62. The topological polar surface area (TPSA) is 126 Å². The molecule has 4 aliphatic rings. The van der Waals surface area contributed by atoms with Crippen LogP contribution >= 0.6 is 0 Å². The maximum atomic E-state index is 15.1. The first-order valence-corrected chi connectivity index (χ1v) is 13.6. The number of allylic oxidation sites excluding steroid dienone is 1. The van der Waals surface area contributed by atoms with Crippen molar-refractivity contribution in [1.29, 1.82) is 0 Å². The van der Waals surface area contributed by atoms with Gasteiger partial charge in [0, 0.05) is 0 Å². The van der Waals surface area contributed by atoms with Crippen LogP contribution in [0.15, 0.2) is 12.7 Å². The molecule has 0 aromatic heterocycles. The quantitative estimate of drug-likeness (QED) is 0.284. The van der Waals surface area contributed by atoms with E-state index in [1.165, 1.54) is 57.8 Å². The lowest BCUT2D eigenvalue weighted by Crippen LogP contribution is -2.43. The Hall–Kier alpha value is -0.700. The number of rotatable bonds is 6. The normalized spacial score (nSPS) is 41.8. The Labute approximate surface area is 222 Å². The summed E-state index contributed by atoms with van der Waals surface area (Å²) in [5.74, 6) is 3.10. The summed E-state index contributed by atoms with van der Waals surface area (Å²) in [5, 5.41) is 0. The molecule has 224 valence electrons. The van der Waals surface area contributed by atoms with Crippen molar-refractivity contribution < 1.29 is 39.5 Å². The molecule has 5 atom stereocenters. The zero-order valence-corrected chi connectivity index (χ0v) is 21.8. The van der Waals surface area contributed by atoms with Crippen LogP contribution < -0.4 is 0 Å². The molecule has 0 saturated heterocycles. The predicted octanol–water partition coefficient (Wildman–Crippen LogP) is 6.08. The van der Waals surface area contributed by atoms with Gasteiger partial charge in [0.2, 0.25) is 0 Å². The third-order valence-corrected chi connectivity index (χ3v) is 10.0. The lowest BCUT2D eigenvalue weighted by molar-refractivity contribution is -0.0292. The molecule has 4 saturated carbocycles. The minimum absolute atomic E-state index is 0. The summed E-state index contributed by atoms with van der Waals surface area (Å²) in [6, 6.07) is 0. The van der Waals surface area contributed by atoms with Crippen molar-refractivity contribution in [1.82, 2.24) is 0 Å². The Kier molecular flexibility index (Phi) is 18.5. The second-order valence-corrected chi connectivity index (χ2v) is 11.8. The molecule has 0 aromatic carbocycles. The molecule has 4 rings (SSSR count). The number of halogens is 4. The summed E-state index contributed by atoms with van der Waals surface area (Å²) in [7, 11) is 0. The molecule has 0 amide bonds. The van der Waals surface area contributed by atoms with Gasteiger partial charge in [0.25, 0.3) is 0 Å². The van der Waals surface area contributed by atoms with Gasteiger partial charge in [0.1, 0.15) is 18.5 Å². The Morgan fingerprint density at radius 3 is 1.41 bits per heavy atom. The van der Waals surface area contributed by atoms with Gasteiger partial charge in [0.15, 0.2) is 6.17 Å². The summed E-state index contributed by atoms with van der Waals surface area (Å²) in [4.78, 5) is 0. The van der Waals surface area contributed by atoms with E-state index in [0.717, 1.165) is 37.0 Å². The van der Waals surface area contributed by atoms with E-state index in [9.17, 15) is 13.2 Å². The van der Waals surface area contributed by atoms with Crippen LogP contribution in [0.25, 0.3) is 0 Å². The molecule has 4 nitrogen and oxygen atoms in total. The van der Waals surface area contributed by atoms with E-state index in [1.54, 1.807) is 0 Å². The lowest BCUT2D eigenvalue weighted by Gasteiger charge is -2.44. The van der Waals surface area contributed by atoms with E-state index in [0.29, 0.717) is 18.3 Å². The highest BCUT2D eigenvalue weighted by Gasteiger charge is 2.46. The van der Waals surface area contributed by atoms with Crippen molar-refractivity contribution in [3.05, 3.63) is 12.7 Å². The third-order valence-electron chi connectivity index (χ3n) is 10.0. The van der Waals surface area contributed by atoms with Crippen LogP contribution in [-0.2, 0) is 0 Å². The van der Waals surface area contributed by atoms with Gasteiger partial charge in [0.05, 0.1) is 0 Å². The summed E-state index contributed by atoms with van der Waals surface area (Å²) in [6.45, 7) is 3.85. The standard InChI is InChI=1S/C28H44F4.CH4.4H2O/c1-2-3-4-18-5-7-19(8-6-18)20-9-11-21(12-10-20)22-13-14-24(25(29)15-22)23-16-26(30)28(32)27(31)17-23;;;;;/h2,18-28H,1,3-17H2;1H4;4*1H2. The fourth-order valence-corrected chi connectivity index (χ4v) is 8.03. The van der Waals surface area contributed by atoms with Gasteiger partial charge in [-0.05, 0) is 125 Å². The zero-order chi connectivity index (χ0) is 22.7. The second-order valence-electron chi connectivity index (χ2n) is 11.8. The van der Waals surface area contributed by atoms with E-state index >= 15 is 4.39 Å². The first-order valence-electron chi connectivity index (χ1n) is 13.6. The van der Waals surface area contributed by atoms with E-state index < -0.39 is 24.7 Å². The Morgan fingerprint density at radius 1 is 0.541 bits per heavy atom. The first-order chi connectivity index (χ1) is 15.5. The van der Waals surface area contributed by atoms with Gasteiger partial charge in [-0.2, -0.15) is 0 Å². The Morgan fingerprint density at radius 2 is 0.946 bits per heavy atom. The van der Waals surface area contributed by atoms with Crippen molar-refractivity contribution in [3.8, 4) is 0 Å². The molecule has 8 N–H and O–H groups in total. The molecule has 37 heavy (non-hydrogen) atoms. The molecule has 0 aromatic rings. The van der Waals surface area contributed by atoms with Crippen molar-refractivity contribution in [2.45, 2.75) is 128 Å². The largest absolute Gasteiger partial charge is 0.412 e. The minimum Gasteiger partial charge on any atom is -0.412 e. The van der Waals surface area contributed by atoms with Crippen molar-refractivity contribution >= 4 is 0 Å². The molecular weight excluding hydrogens is 488 g/mol. The molecule has 4 aliphatic carbocycles. The fraction of sp³-hybridized carbons (Fsp3) is 0.931. The van der Waals surface area contributed by atoms with Crippen LogP contribution in [0, 0.1) is 41.4 Å². The molecular formula is C29H56F4O4. The number of alkyl halides is 4. The maximum absolute atomic E-state index is 15.1. The molecule has 0 spiro atoms. The zero-order valence-electron chi connectivity index (χ0n) is 21.8. The molecule has 4 fully saturated rings. The molecule has 8 heteroatoms. The smallest absolute Gasteiger partial charge is 0.162 e. The average Bonchev–Trinajstić information content (AvgIpc) is 2.81. The summed E-state index contributed by atoms with van der Waals surface area (Å²) < 4.78 is 56.3. The van der Waals surface area contributed by atoms with Gasteiger partial charge in [-0.25, -0.2) is 17.6 Å². The first kappa shape index (κ1) is 38.4. The summed E-state index contributed by atoms with van der Waals surface area (Å²) in [6.07, 6.45) is 10.9. The highest BCUT2D eigenvalue weighted by molar-refractivity contribution is 4.95. The molecule has 5 unspecified atom stereocenters. The van der Waals surface area contributed by atoms with Crippen LogP contribution in [0.1, 0.15) is 104 Å². The van der Waals surface area contributed by atoms with Crippen LogP contribution in [0.4, 0.5) is 17.6 Å². The van der Waals surface area contributed by atoms with E-state index in [2.05, 4.69) is 6.58 Å². The van der Waals surface area contributed by atoms with Crippen LogP contribution in [0.5, 0.6) is 0 Å². The molecule has 0 radical (unpaired) electrons. The van der Waals surface area contributed by atoms with E-state index in [4.69, 9.17) is 0 Å². The van der Waals surface area contributed by atoms with Crippen molar-refractivity contribution in [3.63, 3.8) is 0 Å². The molecule has 0 bridgehead atoms. The van der Waals surface area contributed by atoms with Gasteiger partial charge >= 0.3 is 0 Å². The van der Waals surface area contributed by atoms with Crippen molar-refractivity contribution in [2.75, 3.05) is 0 Å². The van der Waals surface area contributed by atoms with E-state index in [-0.39, 0.29) is 54.0 Å². The maximum Gasteiger partial charge on any atom is 0.162 e. The van der Waals surface area contributed by atoms with Crippen LogP contribution in [0.2, 0.25) is 0 Å². The van der Waals surface area contributed by atoms with Gasteiger partial charge < -0.3 is 21.9 Å². The van der Waals surface area contributed by atoms with Gasteiger partial charge in [-0.1, -0.05) is 26.3 Å². The van der Waals surface area contributed by atoms with Gasteiger partial charge in [-0.15, -0.1) is 6.58 Å². The van der Waals surface area contributed by atoms with E-state index in [1.807, 2.05) is 6.08 Å². The highest BCUT2D eigenvalue weighted by atomic mass is 19.2. The Bertz CT molecular complexity index is 584. The summed E-state index contributed by atoms with van der Waals surface area (Å²) >= 11 is 0. The highest BCUT2D eigenvalue weighted by Crippen LogP contribution is 2.49. The SMILES string of the molecule is C.C=CCCC1CCC(C2CCC(C3CCC(C4CC(F)C(F)C(F)C4)C(F)C3)CC2)CC1.O.O.O.O. The molecule has 0 aliphatic heterocycles. The Balaban J connectivity index is 0. The van der Waals surface area contributed by atoms with Gasteiger partial charge in [-0.3, -0.25) is 0 Å². The van der Waals surface area contributed by atoms with Crippen LogP contribution in [-0.4, -0.2) is 46.6 Å². The number of hydrogen-bond acceptors (Lipinski definition) is 0. The third kappa shape index (κ3) is 9.47. The predicted molar refractivity (Wildman–Crippen MR) is 145 cm³/mol.